The summed E-state index contributed by atoms with van der Waals surface area (Å²) in [6, 6.07) is 4.08. The molecule has 1 rings (SSSR count). The number of allylic oxidation sites excluding steroid dienone is 4. The minimum Gasteiger partial charge on any atom is -0.193 e. The Kier molecular flexibility index (Phi) is 3.11. The topological polar surface area (TPSA) is 47.6 Å². The van der Waals surface area contributed by atoms with Gasteiger partial charge in [0.2, 0.25) is 0 Å². The molecule has 60 valence electrons. The molecule has 1 aliphatic rings. The van der Waals surface area contributed by atoms with Crippen molar-refractivity contribution in [3.63, 3.8) is 0 Å². The first-order chi connectivity index (χ1) is 5.86. The van der Waals surface area contributed by atoms with E-state index in [-0.39, 0.29) is 0 Å². The summed E-state index contributed by atoms with van der Waals surface area (Å²) in [4.78, 5) is 0. The fourth-order valence-electron chi connectivity index (χ4n) is 1.36. The highest BCUT2D eigenvalue weighted by molar-refractivity contribution is 5.23. The van der Waals surface area contributed by atoms with E-state index in [4.69, 9.17) is 10.5 Å². The van der Waals surface area contributed by atoms with Crippen molar-refractivity contribution in [2.45, 2.75) is 25.7 Å². The van der Waals surface area contributed by atoms with Gasteiger partial charge in [0.15, 0.2) is 0 Å². The van der Waals surface area contributed by atoms with Crippen molar-refractivity contribution in [2.75, 3.05) is 0 Å². The van der Waals surface area contributed by atoms with Crippen molar-refractivity contribution >= 4 is 0 Å². The smallest absolute Gasteiger partial charge is 0.0911 e. The number of rotatable bonds is 0. The highest BCUT2D eigenvalue weighted by Crippen LogP contribution is 2.26. The minimum absolute atomic E-state index is 0.946. The lowest BCUT2D eigenvalue weighted by Gasteiger charge is -2.14. The lowest BCUT2D eigenvalue weighted by atomic mass is 9.90. The molecule has 0 aliphatic heterocycles. The van der Waals surface area contributed by atoms with E-state index < -0.39 is 0 Å². The van der Waals surface area contributed by atoms with Crippen LogP contribution in [0.3, 0.4) is 0 Å². The molecule has 0 heterocycles. The normalized spacial score (nSPS) is 16.2. The molecule has 0 saturated heterocycles. The zero-order valence-corrected chi connectivity index (χ0v) is 6.88. The molecule has 0 N–H and O–H groups in total. The van der Waals surface area contributed by atoms with Crippen molar-refractivity contribution < 1.29 is 0 Å². The third kappa shape index (κ3) is 2.25. The van der Waals surface area contributed by atoms with Gasteiger partial charge in [-0.3, -0.25) is 0 Å². The van der Waals surface area contributed by atoms with Gasteiger partial charge in [-0.15, -0.1) is 0 Å². The van der Waals surface area contributed by atoms with Crippen LogP contribution in [0.4, 0.5) is 0 Å². The Morgan fingerprint density at radius 2 is 1.17 bits per heavy atom. The highest BCUT2D eigenvalue weighted by Gasteiger charge is 2.08. The maximum Gasteiger partial charge on any atom is 0.0911 e. The van der Waals surface area contributed by atoms with Gasteiger partial charge in [0.05, 0.1) is 12.1 Å². The predicted octanol–water partition coefficient (Wildman–Crippen LogP) is 2.46. The van der Waals surface area contributed by atoms with E-state index in [1.165, 1.54) is 11.1 Å². The molecule has 2 nitrogen and oxygen atoms in total. The van der Waals surface area contributed by atoms with Gasteiger partial charge in [-0.1, -0.05) is 11.1 Å². The molecule has 0 unspecified atom stereocenters. The second-order valence-corrected chi connectivity index (χ2v) is 2.86. The summed E-state index contributed by atoms with van der Waals surface area (Å²) in [5.41, 5.74) is 2.43. The first-order valence-electron chi connectivity index (χ1n) is 4.02. The maximum atomic E-state index is 8.39. The molecule has 0 amide bonds. The van der Waals surface area contributed by atoms with Crippen LogP contribution in [0.1, 0.15) is 25.7 Å². The average Bonchev–Trinajstić information content (AvgIpc) is 2.09. The van der Waals surface area contributed by atoms with Crippen LogP contribution in [-0.2, 0) is 0 Å². The van der Waals surface area contributed by atoms with Crippen LogP contribution in [0.25, 0.3) is 0 Å². The summed E-state index contributed by atoms with van der Waals surface area (Å²) >= 11 is 0. The Labute approximate surface area is 72.4 Å². The third-order valence-electron chi connectivity index (χ3n) is 2.07. The monoisotopic (exact) mass is 158 g/mol. The second-order valence-electron chi connectivity index (χ2n) is 2.86. The SMILES string of the molecule is N#CC=C1CCC(=CC#N)CC1. The molecule has 0 bridgehead atoms. The molecule has 12 heavy (non-hydrogen) atoms. The molecule has 1 fully saturated rings. The standard InChI is InChI=1S/C10H10N2/c11-7-5-9-1-2-10(4-3-9)6-8-12/h5-6H,1-4H2. The summed E-state index contributed by atoms with van der Waals surface area (Å²) < 4.78 is 0. The van der Waals surface area contributed by atoms with E-state index in [1.54, 1.807) is 12.2 Å². The number of hydrogen-bond donors (Lipinski definition) is 0. The summed E-state index contributed by atoms with van der Waals surface area (Å²) in [5.74, 6) is 0. The van der Waals surface area contributed by atoms with Crippen LogP contribution >= 0.6 is 0 Å². The molecule has 0 aromatic rings. The van der Waals surface area contributed by atoms with Crippen LogP contribution < -0.4 is 0 Å². The van der Waals surface area contributed by atoms with Gasteiger partial charge in [0.25, 0.3) is 0 Å². The lowest BCUT2D eigenvalue weighted by Crippen LogP contribution is -1.96. The summed E-state index contributed by atoms with van der Waals surface area (Å²) in [7, 11) is 0. The fourth-order valence-corrected chi connectivity index (χ4v) is 1.36. The number of hydrogen-bond acceptors (Lipinski definition) is 2. The van der Waals surface area contributed by atoms with Crippen LogP contribution in [0.2, 0.25) is 0 Å². The summed E-state index contributed by atoms with van der Waals surface area (Å²) in [6.07, 6.45) is 7.04. The Morgan fingerprint density at radius 3 is 1.42 bits per heavy atom. The molecule has 1 saturated carbocycles. The maximum absolute atomic E-state index is 8.39. The molecule has 2 heteroatoms. The predicted molar refractivity (Wildman–Crippen MR) is 45.9 cm³/mol. The van der Waals surface area contributed by atoms with Crippen molar-refractivity contribution in [2.24, 2.45) is 0 Å². The van der Waals surface area contributed by atoms with Crippen molar-refractivity contribution in [1.82, 2.24) is 0 Å². The molecule has 0 radical (unpaired) electrons. The van der Waals surface area contributed by atoms with Gasteiger partial charge in [-0.25, -0.2) is 0 Å². The van der Waals surface area contributed by atoms with E-state index in [1.807, 2.05) is 12.1 Å². The van der Waals surface area contributed by atoms with Crippen LogP contribution in [0, 0.1) is 22.7 Å². The van der Waals surface area contributed by atoms with Crippen LogP contribution in [-0.4, -0.2) is 0 Å². The molecule has 0 atom stereocenters. The van der Waals surface area contributed by atoms with Gasteiger partial charge in [0, 0.05) is 12.2 Å². The summed E-state index contributed by atoms with van der Waals surface area (Å²) in [5, 5.41) is 16.8. The third-order valence-corrected chi connectivity index (χ3v) is 2.07. The van der Waals surface area contributed by atoms with E-state index in [0.717, 1.165) is 25.7 Å². The zero-order chi connectivity index (χ0) is 8.81. The second kappa shape index (κ2) is 4.36. The van der Waals surface area contributed by atoms with Crippen LogP contribution in [0.5, 0.6) is 0 Å². The fraction of sp³-hybridized carbons (Fsp3) is 0.400. The Balaban J connectivity index is 2.53. The number of nitriles is 2. The quantitative estimate of drug-likeness (QED) is 0.508. The molecule has 0 spiro atoms. The summed E-state index contributed by atoms with van der Waals surface area (Å²) in [6.45, 7) is 0. The Hall–Kier alpha value is -1.54. The van der Waals surface area contributed by atoms with E-state index in [0.29, 0.717) is 0 Å². The van der Waals surface area contributed by atoms with Crippen molar-refractivity contribution in [1.29, 1.82) is 10.5 Å². The molecular formula is C10H10N2. The molecule has 0 aromatic heterocycles. The molecular weight excluding hydrogens is 148 g/mol. The first-order valence-corrected chi connectivity index (χ1v) is 4.02. The van der Waals surface area contributed by atoms with Gasteiger partial charge in [-0.05, 0) is 25.7 Å². The van der Waals surface area contributed by atoms with E-state index in [2.05, 4.69) is 0 Å². The minimum atomic E-state index is 0.946. The molecule has 0 aromatic carbocycles. The zero-order valence-electron chi connectivity index (χ0n) is 6.88. The van der Waals surface area contributed by atoms with Gasteiger partial charge in [-0.2, -0.15) is 10.5 Å². The molecule has 1 aliphatic carbocycles. The Bertz CT molecular complexity index is 253. The van der Waals surface area contributed by atoms with Gasteiger partial charge < -0.3 is 0 Å². The van der Waals surface area contributed by atoms with Gasteiger partial charge >= 0.3 is 0 Å². The first kappa shape index (κ1) is 8.56. The average molecular weight is 158 g/mol. The van der Waals surface area contributed by atoms with E-state index in [9.17, 15) is 0 Å². The largest absolute Gasteiger partial charge is 0.193 e. The highest BCUT2D eigenvalue weighted by atomic mass is 14.2. The van der Waals surface area contributed by atoms with Crippen molar-refractivity contribution in [3.8, 4) is 12.1 Å². The van der Waals surface area contributed by atoms with Gasteiger partial charge in [0.1, 0.15) is 0 Å². The lowest BCUT2D eigenvalue weighted by molar-refractivity contribution is 0.729. The van der Waals surface area contributed by atoms with Crippen LogP contribution in [0.15, 0.2) is 23.3 Å². The van der Waals surface area contributed by atoms with E-state index >= 15 is 0 Å². The van der Waals surface area contributed by atoms with Crippen molar-refractivity contribution in [3.05, 3.63) is 23.3 Å². The Morgan fingerprint density at radius 1 is 0.833 bits per heavy atom. The number of nitrogens with zero attached hydrogens (tertiary/aromatic N) is 2.